The molecule has 128 valence electrons. The van der Waals surface area contributed by atoms with Gasteiger partial charge in [-0.1, -0.05) is 36.4 Å². The van der Waals surface area contributed by atoms with Crippen molar-refractivity contribution in [3.05, 3.63) is 83.3 Å². The zero-order valence-electron chi connectivity index (χ0n) is 13.2. The molecule has 0 spiro atoms. The molecule has 1 aromatic heterocycles. The minimum atomic E-state index is -3.93. The first-order chi connectivity index (χ1) is 12.0. The molecular formula is C18H15FN2O2S2. The van der Waals surface area contributed by atoms with Crippen molar-refractivity contribution >= 4 is 21.4 Å². The van der Waals surface area contributed by atoms with Crippen molar-refractivity contribution in [3.8, 4) is 11.3 Å². The lowest BCUT2D eigenvalue weighted by Gasteiger charge is -2.06. The fourth-order valence-corrected chi connectivity index (χ4v) is 4.45. The number of thiazole rings is 1. The van der Waals surface area contributed by atoms with Gasteiger partial charge in [0.15, 0.2) is 0 Å². The number of sulfonamides is 1. The maximum Gasteiger partial charge on any atom is 0.285 e. The van der Waals surface area contributed by atoms with Gasteiger partial charge in [-0.3, -0.25) is 0 Å². The molecule has 0 saturated carbocycles. The van der Waals surface area contributed by atoms with Crippen molar-refractivity contribution < 1.29 is 12.8 Å². The predicted molar refractivity (Wildman–Crippen MR) is 97.1 cm³/mol. The van der Waals surface area contributed by atoms with Gasteiger partial charge < -0.3 is 4.57 Å². The Balaban J connectivity index is 2.13. The largest absolute Gasteiger partial charge is 0.312 e. The minimum Gasteiger partial charge on any atom is -0.312 e. The second-order valence-corrected chi connectivity index (χ2v) is 7.63. The van der Waals surface area contributed by atoms with Gasteiger partial charge in [0.25, 0.3) is 10.0 Å². The molecule has 0 N–H and O–H groups in total. The van der Waals surface area contributed by atoms with E-state index in [-0.39, 0.29) is 4.90 Å². The highest BCUT2D eigenvalue weighted by atomic mass is 32.2. The number of hydrogen-bond acceptors (Lipinski definition) is 3. The Morgan fingerprint density at radius 1 is 1.12 bits per heavy atom. The third-order valence-electron chi connectivity index (χ3n) is 3.49. The second-order valence-electron chi connectivity index (χ2n) is 5.19. The van der Waals surface area contributed by atoms with E-state index in [1.165, 1.54) is 23.5 Å². The number of aromatic nitrogens is 1. The molecule has 0 bridgehead atoms. The molecule has 25 heavy (non-hydrogen) atoms. The van der Waals surface area contributed by atoms with Crippen molar-refractivity contribution in [2.45, 2.75) is 11.4 Å². The van der Waals surface area contributed by atoms with Gasteiger partial charge in [-0.25, -0.2) is 4.39 Å². The molecule has 0 unspecified atom stereocenters. The maximum atomic E-state index is 13.0. The standard InChI is InChI=1S/C18H15FN2O2S2/c1-2-12-21-17(14-6-4-3-5-7-14)13-24-18(21)20-25(22,23)16-10-8-15(19)9-11-16/h2-11,13H,1,12H2. The molecule has 0 atom stereocenters. The summed E-state index contributed by atoms with van der Waals surface area (Å²) < 4.78 is 43.7. The first kappa shape index (κ1) is 17.3. The van der Waals surface area contributed by atoms with Crippen molar-refractivity contribution in [2.24, 2.45) is 4.40 Å². The lowest BCUT2D eigenvalue weighted by molar-refractivity contribution is 0.594. The number of rotatable bonds is 5. The van der Waals surface area contributed by atoms with E-state index in [4.69, 9.17) is 0 Å². The highest BCUT2D eigenvalue weighted by Crippen LogP contribution is 2.20. The van der Waals surface area contributed by atoms with Crippen LogP contribution in [0.25, 0.3) is 11.3 Å². The van der Waals surface area contributed by atoms with Crippen LogP contribution in [0.5, 0.6) is 0 Å². The summed E-state index contributed by atoms with van der Waals surface area (Å²) >= 11 is 1.23. The molecule has 2 aromatic carbocycles. The minimum absolute atomic E-state index is 0.0475. The predicted octanol–water partition coefficient (Wildman–Crippen LogP) is 3.83. The zero-order chi connectivity index (χ0) is 17.9. The van der Waals surface area contributed by atoms with Gasteiger partial charge in [0.05, 0.1) is 10.6 Å². The van der Waals surface area contributed by atoms with E-state index in [1.807, 2.05) is 35.7 Å². The topological polar surface area (TPSA) is 51.4 Å². The fourth-order valence-electron chi connectivity index (χ4n) is 2.31. The van der Waals surface area contributed by atoms with Crippen LogP contribution in [-0.2, 0) is 16.6 Å². The summed E-state index contributed by atoms with van der Waals surface area (Å²) in [6.45, 7) is 4.15. The number of nitrogens with zero attached hydrogens (tertiary/aromatic N) is 2. The molecule has 7 heteroatoms. The van der Waals surface area contributed by atoms with Crippen LogP contribution in [0, 0.1) is 5.82 Å². The average molecular weight is 374 g/mol. The van der Waals surface area contributed by atoms with Crippen LogP contribution in [-0.4, -0.2) is 13.0 Å². The van der Waals surface area contributed by atoms with E-state index in [1.54, 1.807) is 10.6 Å². The van der Waals surface area contributed by atoms with Crippen molar-refractivity contribution in [2.75, 3.05) is 0 Å². The molecular weight excluding hydrogens is 359 g/mol. The fraction of sp³-hybridized carbons (Fsp3) is 0.0556. The Hall–Kier alpha value is -2.51. The first-order valence-corrected chi connectivity index (χ1v) is 9.74. The molecule has 0 aliphatic rings. The molecule has 0 aliphatic carbocycles. The van der Waals surface area contributed by atoms with Crippen LogP contribution in [0.1, 0.15) is 0 Å². The summed E-state index contributed by atoms with van der Waals surface area (Å²) in [5.74, 6) is -0.497. The van der Waals surface area contributed by atoms with Crippen LogP contribution >= 0.6 is 11.3 Å². The van der Waals surface area contributed by atoms with Gasteiger partial charge >= 0.3 is 0 Å². The molecule has 4 nitrogen and oxygen atoms in total. The Bertz CT molecular complexity index is 1050. The summed E-state index contributed by atoms with van der Waals surface area (Å²) in [4.78, 5) is 0.289. The molecule has 0 radical (unpaired) electrons. The van der Waals surface area contributed by atoms with Crippen LogP contribution in [0.3, 0.4) is 0 Å². The molecule has 0 aliphatic heterocycles. The normalized spacial score (nSPS) is 12.3. The number of hydrogen-bond donors (Lipinski definition) is 0. The lowest BCUT2D eigenvalue weighted by Crippen LogP contribution is -2.17. The summed E-state index contributed by atoms with van der Waals surface area (Å²) in [6.07, 6.45) is 1.68. The van der Waals surface area contributed by atoms with E-state index in [0.29, 0.717) is 11.3 Å². The van der Waals surface area contributed by atoms with Crippen LogP contribution in [0.15, 0.2) is 81.9 Å². The molecule has 3 aromatic rings. The summed E-state index contributed by atoms with van der Waals surface area (Å²) in [5.41, 5.74) is 1.82. The van der Waals surface area contributed by atoms with Crippen LogP contribution < -0.4 is 4.80 Å². The third kappa shape index (κ3) is 3.78. The number of allylic oxidation sites excluding steroid dienone is 1. The Kier molecular flexibility index (Phi) is 4.96. The van der Waals surface area contributed by atoms with Crippen LogP contribution in [0.4, 0.5) is 4.39 Å². The second kappa shape index (κ2) is 7.16. The molecule has 1 heterocycles. The highest BCUT2D eigenvalue weighted by molar-refractivity contribution is 7.90. The van der Waals surface area contributed by atoms with Gasteiger partial charge in [-0.2, -0.15) is 8.42 Å². The van der Waals surface area contributed by atoms with E-state index < -0.39 is 15.8 Å². The number of benzene rings is 2. The molecule has 0 amide bonds. The quantitative estimate of drug-likeness (QED) is 0.637. The van der Waals surface area contributed by atoms with E-state index >= 15 is 0 Å². The molecule has 0 saturated heterocycles. The Labute approximate surface area is 149 Å². The summed E-state index contributed by atoms with van der Waals surface area (Å²) in [7, 11) is -3.93. The van der Waals surface area contributed by atoms with E-state index in [2.05, 4.69) is 11.0 Å². The maximum absolute atomic E-state index is 13.0. The van der Waals surface area contributed by atoms with Gasteiger partial charge in [-0.15, -0.1) is 22.3 Å². The van der Waals surface area contributed by atoms with Crippen molar-refractivity contribution in [3.63, 3.8) is 0 Å². The van der Waals surface area contributed by atoms with E-state index in [0.717, 1.165) is 23.4 Å². The number of halogens is 1. The molecule has 0 fully saturated rings. The van der Waals surface area contributed by atoms with Gasteiger partial charge in [0, 0.05) is 11.9 Å². The Morgan fingerprint density at radius 3 is 2.44 bits per heavy atom. The Morgan fingerprint density at radius 2 is 1.80 bits per heavy atom. The van der Waals surface area contributed by atoms with Crippen molar-refractivity contribution in [1.29, 1.82) is 0 Å². The monoisotopic (exact) mass is 374 g/mol. The lowest BCUT2D eigenvalue weighted by atomic mass is 10.2. The molecule has 3 rings (SSSR count). The highest BCUT2D eigenvalue weighted by Gasteiger charge is 2.14. The van der Waals surface area contributed by atoms with E-state index in [9.17, 15) is 12.8 Å². The summed E-state index contributed by atoms with van der Waals surface area (Å²) in [5, 5.41) is 1.86. The van der Waals surface area contributed by atoms with Crippen molar-refractivity contribution in [1.82, 2.24) is 4.57 Å². The van der Waals surface area contributed by atoms with Gasteiger partial charge in [-0.05, 0) is 29.8 Å². The zero-order valence-corrected chi connectivity index (χ0v) is 14.8. The average Bonchev–Trinajstić information content (AvgIpc) is 2.98. The first-order valence-electron chi connectivity index (χ1n) is 7.42. The van der Waals surface area contributed by atoms with Gasteiger partial charge in [0.1, 0.15) is 5.82 Å². The summed E-state index contributed by atoms with van der Waals surface area (Å²) in [6, 6.07) is 14.2. The smallest absolute Gasteiger partial charge is 0.285 e. The third-order valence-corrected chi connectivity index (χ3v) is 5.75. The van der Waals surface area contributed by atoms with Crippen LogP contribution in [0.2, 0.25) is 0 Å². The SMILES string of the molecule is C=CCn1c(-c2ccccc2)csc1=NS(=O)(=O)c1ccc(F)cc1. The van der Waals surface area contributed by atoms with Gasteiger partial charge in [0.2, 0.25) is 4.80 Å².